The van der Waals surface area contributed by atoms with E-state index < -0.39 is 5.97 Å². The van der Waals surface area contributed by atoms with E-state index in [4.69, 9.17) is 0 Å². The lowest BCUT2D eigenvalue weighted by Gasteiger charge is -2.34. The Balaban J connectivity index is -0.000000176. The van der Waals surface area contributed by atoms with E-state index in [1.54, 1.807) is 0 Å². The van der Waals surface area contributed by atoms with Crippen LogP contribution >= 0.6 is 0 Å². The molecule has 0 aliphatic rings. The molecule has 0 aliphatic heterocycles. The molecule has 0 rings (SSSR count). The summed E-state index contributed by atoms with van der Waals surface area (Å²) in [6, 6.07) is 0. The van der Waals surface area contributed by atoms with Gasteiger partial charge in [-0.2, -0.15) is 0 Å². The lowest BCUT2D eigenvalue weighted by Crippen LogP contribution is -3.00. The quantitative estimate of drug-likeness (QED) is 0.259. The van der Waals surface area contributed by atoms with Crippen LogP contribution in [0.2, 0.25) is 0 Å². The monoisotopic (exact) mass is 466 g/mol. The molecule has 0 fully saturated rings. The summed E-state index contributed by atoms with van der Waals surface area (Å²) in [4.78, 5) is 10.0. The van der Waals surface area contributed by atoms with Crippen molar-refractivity contribution in [1.82, 2.24) is 0 Å². The predicted octanol–water partition coefficient (Wildman–Crippen LogP) is 2.65. The highest BCUT2D eigenvalue weighted by Crippen LogP contribution is 2.07. The number of aliphatic carboxylic acids is 1. The van der Waals surface area contributed by atoms with Gasteiger partial charge in [0.05, 0.1) is 52.4 Å². The van der Waals surface area contributed by atoms with Crippen LogP contribution in [0.3, 0.4) is 0 Å². The van der Waals surface area contributed by atoms with Gasteiger partial charge in [0.15, 0.2) is 0 Å². The Morgan fingerprint density at radius 1 is 0.516 bits per heavy atom. The molecule has 0 bridgehead atoms. The van der Waals surface area contributed by atoms with Crippen LogP contribution in [0, 0.1) is 0 Å². The fourth-order valence-corrected chi connectivity index (χ4v) is 3.91. The Morgan fingerprint density at radius 3 is 0.968 bits per heavy atom. The summed E-state index contributed by atoms with van der Waals surface area (Å²) in [5.41, 5.74) is 0. The molecular weight excluding hydrogens is 408 g/mol. The maximum Gasteiger partial charge on any atom is 0.0757 e. The van der Waals surface area contributed by atoms with E-state index in [0.29, 0.717) is 0 Å². The minimum atomic E-state index is -0.913. The number of halogens is 1. The molecule has 5 heteroatoms. The fourth-order valence-electron chi connectivity index (χ4n) is 3.91. The zero-order chi connectivity index (χ0) is 23.9. The van der Waals surface area contributed by atoms with Crippen LogP contribution in [0.1, 0.15) is 114 Å². The number of nitrogens with zero attached hydrogens (tertiary/aromatic N) is 2. The molecule has 31 heavy (non-hydrogen) atoms. The van der Waals surface area contributed by atoms with Crippen LogP contribution in [0.5, 0.6) is 0 Å². The fraction of sp³-hybridized carbons (Fsp3) is 0.962. The summed E-state index contributed by atoms with van der Waals surface area (Å²) in [7, 11) is 0. The number of quaternary nitrogens is 2. The van der Waals surface area contributed by atoms with Crippen molar-refractivity contribution in [2.24, 2.45) is 0 Å². The van der Waals surface area contributed by atoms with Gasteiger partial charge >= 0.3 is 0 Å². The van der Waals surface area contributed by atoms with Gasteiger partial charge in [-0.15, -0.1) is 0 Å². The summed E-state index contributed by atoms with van der Waals surface area (Å²) in [6.45, 7) is 30.6. The van der Waals surface area contributed by atoms with Crippen molar-refractivity contribution in [2.45, 2.75) is 114 Å². The van der Waals surface area contributed by atoms with Crippen LogP contribution in [0.25, 0.3) is 0 Å². The lowest BCUT2D eigenvalue weighted by molar-refractivity contribution is -0.921. The molecule has 0 aromatic heterocycles. The maximum atomic E-state index is 10.0. The van der Waals surface area contributed by atoms with E-state index in [1.807, 2.05) is 0 Å². The molecule has 0 aliphatic carbocycles. The second-order valence-electron chi connectivity index (χ2n) is 8.46. The molecule has 0 amide bonds. The van der Waals surface area contributed by atoms with E-state index in [2.05, 4.69) is 62.3 Å². The maximum absolute atomic E-state index is 10.0. The van der Waals surface area contributed by atoms with Crippen LogP contribution in [0.4, 0.5) is 0 Å². The van der Waals surface area contributed by atoms with Gasteiger partial charge in [-0.25, -0.2) is 0 Å². The van der Waals surface area contributed by atoms with Crippen molar-refractivity contribution in [3.05, 3.63) is 0 Å². The Hall–Kier alpha value is -0.320. The van der Waals surface area contributed by atoms with E-state index in [1.165, 1.54) is 93.4 Å². The summed E-state index contributed by atoms with van der Waals surface area (Å²) < 4.78 is 2.56. The van der Waals surface area contributed by atoms with Crippen molar-refractivity contribution in [2.75, 3.05) is 52.4 Å². The summed E-state index contributed by atoms with van der Waals surface area (Å²) in [6.07, 6.45) is 8.34. The van der Waals surface area contributed by atoms with Crippen molar-refractivity contribution in [3.63, 3.8) is 0 Å². The first-order valence-electron chi connectivity index (χ1n) is 13.2. The molecule has 192 valence electrons. The molecule has 0 saturated carbocycles. The smallest absolute Gasteiger partial charge is 0.0757 e. The third-order valence-electron chi connectivity index (χ3n) is 7.35. The minimum Gasteiger partial charge on any atom is -1.00 e. The van der Waals surface area contributed by atoms with Crippen molar-refractivity contribution < 1.29 is 31.3 Å². The molecule has 0 unspecified atom stereocenters. The van der Waals surface area contributed by atoms with Crippen molar-refractivity contribution >= 4 is 5.97 Å². The molecule has 4 nitrogen and oxygen atoms in total. The predicted molar refractivity (Wildman–Crippen MR) is 132 cm³/mol. The Bertz CT molecular complexity index is 302. The number of carbonyl (C=O) groups excluding carboxylic acids is 1. The van der Waals surface area contributed by atoms with E-state index in [0.717, 1.165) is 12.8 Å². The summed E-state index contributed by atoms with van der Waals surface area (Å²) >= 11 is 0. The SMILES string of the molecule is CCCCCCCCCC(=O)[O-].CC[N+](CC)(CC)CC.CC[N+](CC)(CC)CC.[Cl-]. The Labute approximate surface area is 203 Å². The Kier molecular flexibility index (Phi) is 31.8. The van der Waals surface area contributed by atoms with Gasteiger partial charge in [0.1, 0.15) is 0 Å². The first-order chi connectivity index (χ1) is 14.3. The third-order valence-corrected chi connectivity index (χ3v) is 7.35. The average molecular weight is 467 g/mol. The van der Waals surface area contributed by atoms with E-state index in [-0.39, 0.29) is 18.8 Å². The zero-order valence-electron chi connectivity index (χ0n) is 22.9. The Morgan fingerprint density at radius 2 is 0.774 bits per heavy atom. The number of hydrogen-bond acceptors (Lipinski definition) is 2. The molecule has 0 spiro atoms. The number of carbonyl (C=O) groups is 1. The van der Waals surface area contributed by atoms with Gasteiger partial charge < -0.3 is 31.3 Å². The average Bonchev–Trinajstić information content (AvgIpc) is 2.78. The molecule has 0 aromatic rings. The molecule has 0 atom stereocenters. The highest BCUT2D eigenvalue weighted by molar-refractivity contribution is 5.63. The first-order valence-corrected chi connectivity index (χ1v) is 13.2. The number of carboxylic acid groups (broad SMARTS) is 1. The minimum absolute atomic E-state index is 0. The topological polar surface area (TPSA) is 40.1 Å². The van der Waals surface area contributed by atoms with Gasteiger partial charge in [-0.3, -0.25) is 0 Å². The van der Waals surface area contributed by atoms with Crippen LogP contribution < -0.4 is 17.5 Å². The molecule has 0 saturated heterocycles. The second-order valence-corrected chi connectivity index (χ2v) is 8.46. The molecule has 0 N–H and O–H groups in total. The number of unbranched alkanes of at least 4 members (excludes halogenated alkanes) is 6. The molecule has 0 heterocycles. The van der Waals surface area contributed by atoms with Gasteiger partial charge in [0.25, 0.3) is 0 Å². The number of hydrogen-bond donors (Lipinski definition) is 0. The second kappa shape index (κ2) is 25.9. The van der Waals surface area contributed by atoms with Crippen LogP contribution in [-0.4, -0.2) is 67.3 Å². The third kappa shape index (κ3) is 21.3. The first kappa shape index (κ1) is 38.0. The van der Waals surface area contributed by atoms with Gasteiger partial charge in [-0.1, -0.05) is 45.4 Å². The van der Waals surface area contributed by atoms with Crippen LogP contribution in [0.15, 0.2) is 0 Å². The van der Waals surface area contributed by atoms with Gasteiger partial charge in [0, 0.05) is 5.97 Å². The van der Waals surface area contributed by atoms with Crippen molar-refractivity contribution in [1.29, 1.82) is 0 Å². The molecular formula is C26H59ClN2O2. The van der Waals surface area contributed by atoms with E-state index >= 15 is 0 Å². The van der Waals surface area contributed by atoms with Gasteiger partial charge in [-0.05, 0) is 68.2 Å². The molecule has 0 radical (unpaired) electrons. The van der Waals surface area contributed by atoms with E-state index in [9.17, 15) is 9.90 Å². The summed E-state index contributed by atoms with van der Waals surface area (Å²) in [5, 5.41) is 10.0. The van der Waals surface area contributed by atoms with Gasteiger partial charge in [0.2, 0.25) is 0 Å². The molecule has 0 aromatic carbocycles. The standard InChI is InChI=1S/C10H20O2.2C8H20N.ClH/c1-2-3-4-5-6-7-8-9-10(11)12;2*1-5-9(6-2,7-3)8-4;/h2-9H2,1H3,(H,11,12);2*5-8H2,1-4H3;1H/q;2*+1;/p-2. The number of rotatable bonds is 16. The van der Waals surface area contributed by atoms with Crippen molar-refractivity contribution in [3.8, 4) is 0 Å². The summed E-state index contributed by atoms with van der Waals surface area (Å²) in [5.74, 6) is -0.913. The lowest BCUT2D eigenvalue weighted by atomic mass is 10.1. The largest absolute Gasteiger partial charge is 1.00 e. The van der Waals surface area contributed by atoms with Crippen LogP contribution in [-0.2, 0) is 4.79 Å². The normalized spacial score (nSPS) is 10.9. The highest BCUT2D eigenvalue weighted by atomic mass is 35.5. The number of carboxylic acids is 1. The zero-order valence-corrected chi connectivity index (χ0v) is 23.7. The highest BCUT2D eigenvalue weighted by Gasteiger charge is 2.16.